The number of carboxylic acids is 1. The molecule has 0 amide bonds. The second-order valence-corrected chi connectivity index (χ2v) is 5.11. The molecule has 0 saturated carbocycles. The van der Waals surface area contributed by atoms with Crippen LogP contribution in [0.5, 0.6) is 5.75 Å². The molecule has 0 aromatic heterocycles. The van der Waals surface area contributed by atoms with Crippen molar-refractivity contribution in [1.82, 2.24) is 0 Å². The van der Waals surface area contributed by atoms with E-state index in [1.807, 2.05) is 6.07 Å². The molecule has 3 rings (SSSR count). The number of hydrogen-bond donors (Lipinski definition) is 1. The highest BCUT2D eigenvalue weighted by molar-refractivity contribution is 5.99. The maximum atomic E-state index is 12.3. The Balaban J connectivity index is 2.06. The third-order valence-corrected chi connectivity index (χ3v) is 3.53. The van der Waals surface area contributed by atoms with Gasteiger partial charge in [0.05, 0.1) is 11.1 Å². The molecule has 0 saturated heterocycles. The molecule has 118 valence electrons. The first-order valence-electron chi connectivity index (χ1n) is 7.36. The van der Waals surface area contributed by atoms with Gasteiger partial charge in [-0.3, -0.25) is 0 Å². The quantitative estimate of drug-likeness (QED) is 0.576. The number of aromatic carboxylic acids is 1. The minimum absolute atomic E-state index is 0.0829. The van der Waals surface area contributed by atoms with Crippen molar-refractivity contribution in [3.8, 4) is 16.9 Å². The van der Waals surface area contributed by atoms with Crippen LogP contribution in [0.3, 0.4) is 0 Å². The van der Waals surface area contributed by atoms with E-state index in [1.54, 1.807) is 66.7 Å². The van der Waals surface area contributed by atoms with E-state index in [4.69, 9.17) is 4.74 Å². The summed E-state index contributed by atoms with van der Waals surface area (Å²) >= 11 is 0. The first kappa shape index (κ1) is 15.5. The Morgan fingerprint density at radius 2 is 1.38 bits per heavy atom. The first-order valence-corrected chi connectivity index (χ1v) is 7.36. The van der Waals surface area contributed by atoms with Crippen LogP contribution in [0.4, 0.5) is 0 Å². The average Bonchev–Trinajstić information content (AvgIpc) is 2.63. The molecule has 0 aliphatic carbocycles. The number of carboxylic acid groups (broad SMARTS) is 1. The van der Waals surface area contributed by atoms with E-state index in [0.717, 1.165) is 0 Å². The zero-order valence-corrected chi connectivity index (χ0v) is 12.7. The molecule has 0 heterocycles. The predicted molar refractivity (Wildman–Crippen MR) is 90.2 cm³/mol. The van der Waals surface area contributed by atoms with E-state index in [-0.39, 0.29) is 11.3 Å². The molecule has 4 heteroatoms. The normalized spacial score (nSPS) is 10.2. The molecule has 0 radical (unpaired) electrons. The second-order valence-electron chi connectivity index (χ2n) is 5.11. The van der Waals surface area contributed by atoms with Crippen LogP contribution in [0.1, 0.15) is 20.7 Å². The van der Waals surface area contributed by atoms with Gasteiger partial charge in [0.2, 0.25) is 0 Å². The summed E-state index contributed by atoms with van der Waals surface area (Å²) in [6.07, 6.45) is 0. The Bertz CT molecular complexity index is 871. The lowest BCUT2D eigenvalue weighted by Gasteiger charge is -2.13. The highest BCUT2D eigenvalue weighted by Crippen LogP contribution is 2.34. The van der Waals surface area contributed by atoms with Crippen LogP contribution in [0.2, 0.25) is 0 Å². The van der Waals surface area contributed by atoms with Crippen molar-refractivity contribution in [2.75, 3.05) is 0 Å². The average molecular weight is 318 g/mol. The lowest BCUT2D eigenvalue weighted by Crippen LogP contribution is -2.10. The van der Waals surface area contributed by atoms with Gasteiger partial charge in [0.25, 0.3) is 0 Å². The van der Waals surface area contributed by atoms with Crippen molar-refractivity contribution >= 4 is 11.9 Å². The topological polar surface area (TPSA) is 63.6 Å². The summed E-state index contributed by atoms with van der Waals surface area (Å²) in [4.78, 5) is 23.9. The summed E-state index contributed by atoms with van der Waals surface area (Å²) in [5.41, 5.74) is 1.54. The Labute approximate surface area is 139 Å². The van der Waals surface area contributed by atoms with Crippen LogP contribution in [-0.4, -0.2) is 17.0 Å². The fourth-order valence-electron chi connectivity index (χ4n) is 2.43. The molecule has 0 spiro atoms. The second kappa shape index (κ2) is 6.79. The summed E-state index contributed by atoms with van der Waals surface area (Å²) in [5.74, 6) is -1.39. The fraction of sp³-hybridized carbons (Fsp3) is 0. The van der Waals surface area contributed by atoms with Gasteiger partial charge in [-0.1, -0.05) is 54.6 Å². The van der Waals surface area contributed by atoms with Gasteiger partial charge in [0.1, 0.15) is 5.75 Å². The highest BCUT2D eigenvalue weighted by atomic mass is 16.5. The lowest BCUT2D eigenvalue weighted by molar-refractivity contribution is 0.0689. The number of carbonyl (C=O) groups excluding carboxylic acids is 1. The molecule has 0 aliphatic heterocycles. The van der Waals surface area contributed by atoms with Gasteiger partial charge >= 0.3 is 11.9 Å². The Kier molecular flexibility index (Phi) is 4.38. The molecule has 0 fully saturated rings. The third kappa shape index (κ3) is 3.17. The van der Waals surface area contributed by atoms with Crippen molar-refractivity contribution < 1.29 is 19.4 Å². The van der Waals surface area contributed by atoms with Crippen LogP contribution < -0.4 is 4.74 Å². The number of esters is 1. The minimum atomic E-state index is -1.08. The molecule has 3 aromatic carbocycles. The Morgan fingerprint density at radius 1 is 0.750 bits per heavy atom. The first-order chi connectivity index (χ1) is 11.7. The van der Waals surface area contributed by atoms with Crippen molar-refractivity contribution in [3.05, 3.63) is 90.0 Å². The molecule has 24 heavy (non-hydrogen) atoms. The molecule has 4 nitrogen and oxygen atoms in total. The predicted octanol–water partition coefficient (Wildman–Crippen LogP) is 4.27. The van der Waals surface area contributed by atoms with Gasteiger partial charge in [-0.2, -0.15) is 0 Å². The Hall–Kier alpha value is -3.40. The van der Waals surface area contributed by atoms with Crippen molar-refractivity contribution in [1.29, 1.82) is 0 Å². The summed E-state index contributed by atoms with van der Waals surface area (Å²) in [7, 11) is 0. The monoisotopic (exact) mass is 318 g/mol. The molecule has 3 aromatic rings. The Morgan fingerprint density at radius 3 is 2.00 bits per heavy atom. The van der Waals surface area contributed by atoms with Crippen LogP contribution in [-0.2, 0) is 0 Å². The standard InChI is InChI=1S/C20H14O4/c21-19(22)16-12-7-13-17(18(16)14-8-3-1-4-9-14)24-20(23)15-10-5-2-6-11-15/h1-13H,(H,21,22). The molecular weight excluding hydrogens is 304 g/mol. The zero-order chi connectivity index (χ0) is 16.9. The number of benzene rings is 3. The highest BCUT2D eigenvalue weighted by Gasteiger charge is 2.19. The maximum Gasteiger partial charge on any atom is 0.343 e. The van der Waals surface area contributed by atoms with E-state index in [2.05, 4.69) is 0 Å². The van der Waals surface area contributed by atoms with Gasteiger partial charge < -0.3 is 9.84 Å². The number of hydrogen-bond acceptors (Lipinski definition) is 3. The van der Waals surface area contributed by atoms with Crippen molar-refractivity contribution in [2.24, 2.45) is 0 Å². The number of carbonyl (C=O) groups is 2. The van der Waals surface area contributed by atoms with Crippen molar-refractivity contribution in [3.63, 3.8) is 0 Å². The van der Waals surface area contributed by atoms with Crippen LogP contribution in [0.15, 0.2) is 78.9 Å². The van der Waals surface area contributed by atoms with Crippen molar-refractivity contribution in [2.45, 2.75) is 0 Å². The molecule has 0 unspecified atom stereocenters. The summed E-state index contributed by atoms with van der Waals surface area (Å²) in [6.45, 7) is 0. The minimum Gasteiger partial charge on any atom is -0.478 e. The van der Waals surface area contributed by atoms with Crippen LogP contribution >= 0.6 is 0 Å². The number of rotatable bonds is 4. The molecule has 0 atom stereocenters. The summed E-state index contributed by atoms with van der Waals surface area (Å²) < 4.78 is 5.47. The third-order valence-electron chi connectivity index (χ3n) is 3.53. The molecule has 0 aliphatic rings. The van der Waals surface area contributed by atoms with E-state index >= 15 is 0 Å². The SMILES string of the molecule is O=C(Oc1cccc(C(=O)O)c1-c1ccccc1)c1ccccc1. The van der Waals surface area contributed by atoms with Crippen LogP contribution in [0, 0.1) is 0 Å². The fourth-order valence-corrected chi connectivity index (χ4v) is 2.43. The summed E-state index contributed by atoms with van der Waals surface area (Å²) in [6, 6.07) is 22.2. The largest absolute Gasteiger partial charge is 0.478 e. The molecule has 1 N–H and O–H groups in total. The van der Waals surface area contributed by atoms with Crippen LogP contribution in [0.25, 0.3) is 11.1 Å². The number of ether oxygens (including phenoxy) is 1. The maximum absolute atomic E-state index is 12.3. The molecular formula is C20H14O4. The van der Waals surface area contributed by atoms with Gasteiger partial charge in [-0.05, 0) is 29.8 Å². The zero-order valence-electron chi connectivity index (χ0n) is 12.7. The van der Waals surface area contributed by atoms with E-state index in [9.17, 15) is 14.7 Å². The van der Waals surface area contributed by atoms with Gasteiger partial charge in [0.15, 0.2) is 0 Å². The van der Waals surface area contributed by atoms with Gasteiger partial charge in [-0.25, -0.2) is 9.59 Å². The lowest BCUT2D eigenvalue weighted by atomic mass is 9.98. The smallest absolute Gasteiger partial charge is 0.343 e. The van der Waals surface area contributed by atoms with E-state index in [0.29, 0.717) is 16.7 Å². The molecule has 0 bridgehead atoms. The van der Waals surface area contributed by atoms with Gasteiger partial charge in [0, 0.05) is 5.56 Å². The van der Waals surface area contributed by atoms with Gasteiger partial charge in [-0.15, -0.1) is 0 Å². The van der Waals surface area contributed by atoms with E-state index < -0.39 is 11.9 Å². The summed E-state index contributed by atoms with van der Waals surface area (Å²) in [5, 5.41) is 9.46. The van der Waals surface area contributed by atoms with E-state index in [1.165, 1.54) is 6.07 Å².